The fraction of sp³-hybridized carbons (Fsp3) is 0.455. The van der Waals surface area contributed by atoms with Gasteiger partial charge in [-0.1, -0.05) is 0 Å². The lowest BCUT2D eigenvalue weighted by molar-refractivity contribution is -1.02. The Hall–Kier alpha value is -2.44. The molecule has 2 aromatic rings. The predicted octanol–water partition coefficient (Wildman–Crippen LogP) is 0.205. The standard InChI is InChI=1S/C22H30N2O4/c1-25-19-7-5-17(6-8-19)15-23-9-11-24(12-10-23)16-18-13-21(27-3)22(28-4)14-20(18)26-2/h5-8,13-14H,9-12,15-16H2,1-4H3/p+2. The average molecular weight is 389 g/mol. The number of nitrogens with one attached hydrogen (secondary N) is 2. The third kappa shape index (κ3) is 4.88. The third-order valence-corrected chi connectivity index (χ3v) is 5.50. The van der Waals surface area contributed by atoms with Crippen molar-refractivity contribution in [2.75, 3.05) is 54.6 Å². The number of piperazine rings is 1. The van der Waals surface area contributed by atoms with Gasteiger partial charge in [-0.15, -0.1) is 0 Å². The van der Waals surface area contributed by atoms with E-state index in [4.69, 9.17) is 18.9 Å². The Bertz CT molecular complexity index is 756. The zero-order valence-corrected chi connectivity index (χ0v) is 17.3. The first-order valence-corrected chi connectivity index (χ1v) is 9.75. The van der Waals surface area contributed by atoms with Gasteiger partial charge in [-0.2, -0.15) is 0 Å². The van der Waals surface area contributed by atoms with Gasteiger partial charge in [0.15, 0.2) is 11.5 Å². The molecule has 1 aliphatic heterocycles. The van der Waals surface area contributed by atoms with E-state index in [9.17, 15) is 0 Å². The van der Waals surface area contributed by atoms with Crippen molar-refractivity contribution < 1.29 is 28.7 Å². The number of ether oxygens (including phenoxy) is 4. The molecule has 0 atom stereocenters. The minimum atomic E-state index is 0.701. The molecule has 6 heteroatoms. The first-order valence-electron chi connectivity index (χ1n) is 9.75. The van der Waals surface area contributed by atoms with Crippen LogP contribution in [0.15, 0.2) is 36.4 Å². The Balaban J connectivity index is 1.57. The highest BCUT2D eigenvalue weighted by molar-refractivity contribution is 5.50. The minimum Gasteiger partial charge on any atom is -0.497 e. The van der Waals surface area contributed by atoms with E-state index in [0.717, 1.165) is 62.1 Å². The fourth-order valence-electron chi connectivity index (χ4n) is 3.84. The Kier molecular flexibility index (Phi) is 7.01. The summed E-state index contributed by atoms with van der Waals surface area (Å²) in [6, 6.07) is 12.4. The molecule has 0 spiro atoms. The highest BCUT2D eigenvalue weighted by Gasteiger charge is 2.25. The van der Waals surface area contributed by atoms with Crippen molar-refractivity contribution >= 4 is 0 Å². The summed E-state index contributed by atoms with van der Waals surface area (Å²) in [5, 5.41) is 0. The first kappa shape index (κ1) is 20.3. The van der Waals surface area contributed by atoms with Gasteiger partial charge in [0.1, 0.15) is 50.8 Å². The molecule has 1 aliphatic rings. The van der Waals surface area contributed by atoms with Crippen LogP contribution in [0.25, 0.3) is 0 Å². The molecule has 0 aliphatic carbocycles. The van der Waals surface area contributed by atoms with Crippen molar-refractivity contribution in [1.82, 2.24) is 0 Å². The first-order chi connectivity index (χ1) is 13.7. The van der Waals surface area contributed by atoms with Crippen LogP contribution in [0.2, 0.25) is 0 Å². The number of hydrogen-bond acceptors (Lipinski definition) is 4. The average Bonchev–Trinajstić information content (AvgIpc) is 2.75. The molecular formula is C22H32N2O4+2. The zero-order valence-electron chi connectivity index (χ0n) is 17.3. The van der Waals surface area contributed by atoms with Crippen LogP contribution in [0.4, 0.5) is 0 Å². The molecule has 2 N–H and O–H groups in total. The fourth-order valence-corrected chi connectivity index (χ4v) is 3.84. The molecule has 3 rings (SSSR count). The lowest BCUT2D eigenvalue weighted by Gasteiger charge is -2.30. The van der Waals surface area contributed by atoms with E-state index in [1.165, 1.54) is 5.56 Å². The highest BCUT2D eigenvalue weighted by atomic mass is 16.5. The van der Waals surface area contributed by atoms with Gasteiger partial charge < -0.3 is 28.7 Å². The van der Waals surface area contributed by atoms with Gasteiger partial charge in [0.2, 0.25) is 0 Å². The second kappa shape index (κ2) is 9.66. The van der Waals surface area contributed by atoms with E-state index in [1.54, 1.807) is 38.2 Å². The quantitative estimate of drug-likeness (QED) is 0.679. The van der Waals surface area contributed by atoms with Crippen molar-refractivity contribution in [3.8, 4) is 23.0 Å². The minimum absolute atomic E-state index is 0.701. The van der Waals surface area contributed by atoms with Crippen LogP contribution >= 0.6 is 0 Å². The van der Waals surface area contributed by atoms with Gasteiger partial charge in [-0.05, 0) is 30.3 Å². The van der Waals surface area contributed by atoms with Gasteiger partial charge in [0.25, 0.3) is 0 Å². The van der Waals surface area contributed by atoms with Gasteiger partial charge in [-0.25, -0.2) is 0 Å². The molecule has 1 saturated heterocycles. The van der Waals surface area contributed by atoms with Crippen molar-refractivity contribution in [2.24, 2.45) is 0 Å². The smallest absolute Gasteiger partial charge is 0.164 e. The van der Waals surface area contributed by atoms with E-state index in [2.05, 4.69) is 12.1 Å². The number of benzene rings is 2. The predicted molar refractivity (Wildman–Crippen MR) is 108 cm³/mol. The summed E-state index contributed by atoms with van der Waals surface area (Å²) < 4.78 is 21.7. The van der Waals surface area contributed by atoms with Crippen LogP contribution in [0.3, 0.4) is 0 Å². The maximum absolute atomic E-state index is 5.58. The molecule has 152 valence electrons. The summed E-state index contributed by atoms with van der Waals surface area (Å²) in [4.78, 5) is 3.21. The molecule has 0 amide bonds. The monoisotopic (exact) mass is 388 g/mol. The van der Waals surface area contributed by atoms with Gasteiger partial charge in [-0.3, -0.25) is 0 Å². The second-order valence-electron chi connectivity index (χ2n) is 7.22. The molecule has 6 nitrogen and oxygen atoms in total. The summed E-state index contributed by atoms with van der Waals surface area (Å²) in [6.45, 7) is 6.61. The van der Waals surface area contributed by atoms with Crippen LogP contribution in [0.5, 0.6) is 23.0 Å². The van der Waals surface area contributed by atoms with E-state index in [0.29, 0.717) is 5.75 Å². The van der Waals surface area contributed by atoms with Gasteiger partial charge in [0, 0.05) is 11.6 Å². The summed E-state index contributed by atoms with van der Waals surface area (Å²) in [5.41, 5.74) is 2.52. The van der Waals surface area contributed by atoms with Crippen molar-refractivity contribution in [1.29, 1.82) is 0 Å². The lowest BCUT2D eigenvalue weighted by atomic mass is 10.1. The van der Waals surface area contributed by atoms with Crippen molar-refractivity contribution in [3.63, 3.8) is 0 Å². The Morgan fingerprint density at radius 2 is 1.18 bits per heavy atom. The van der Waals surface area contributed by atoms with Crippen LogP contribution < -0.4 is 28.7 Å². The third-order valence-electron chi connectivity index (χ3n) is 5.50. The van der Waals surface area contributed by atoms with Crippen LogP contribution in [0, 0.1) is 0 Å². The molecule has 2 aromatic carbocycles. The van der Waals surface area contributed by atoms with Crippen molar-refractivity contribution in [3.05, 3.63) is 47.5 Å². The zero-order chi connectivity index (χ0) is 19.9. The van der Waals surface area contributed by atoms with Crippen molar-refractivity contribution in [2.45, 2.75) is 13.1 Å². The summed E-state index contributed by atoms with van der Waals surface area (Å²) >= 11 is 0. The van der Waals surface area contributed by atoms with Crippen LogP contribution in [-0.2, 0) is 13.1 Å². The number of quaternary nitrogens is 2. The largest absolute Gasteiger partial charge is 0.497 e. The number of rotatable bonds is 8. The van der Waals surface area contributed by atoms with Gasteiger partial charge in [0.05, 0.1) is 34.0 Å². The molecule has 28 heavy (non-hydrogen) atoms. The molecule has 1 heterocycles. The number of hydrogen-bond donors (Lipinski definition) is 2. The van der Waals surface area contributed by atoms with E-state index >= 15 is 0 Å². The summed E-state index contributed by atoms with van der Waals surface area (Å²) in [6.07, 6.45) is 0. The van der Waals surface area contributed by atoms with Crippen LogP contribution in [0.1, 0.15) is 11.1 Å². The van der Waals surface area contributed by atoms with Crippen LogP contribution in [-0.4, -0.2) is 54.6 Å². The molecule has 0 radical (unpaired) electrons. The number of methoxy groups -OCH3 is 4. The van der Waals surface area contributed by atoms with E-state index < -0.39 is 0 Å². The SMILES string of the molecule is COc1ccc(C[NH+]2CC[NH+](Cc3cc(OC)c(OC)cc3OC)CC2)cc1. The topological polar surface area (TPSA) is 45.8 Å². The maximum Gasteiger partial charge on any atom is 0.164 e. The molecule has 1 fully saturated rings. The Morgan fingerprint density at radius 1 is 0.643 bits per heavy atom. The molecule has 0 bridgehead atoms. The van der Waals surface area contributed by atoms with Gasteiger partial charge >= 0.3 is 0 Å². The second-order valence-corrected chi connectivity index (χ2v) is 7.22. The molecular weight excluding hydrogens is 356 g/mol. The highest BCUT2D eigenvalue weighted by Crippen LogP contribution is 2.34. The van der Waals surface area contributed by atoms with E-state index in [1.807, 2.05) is 24.3 Å². The Morgan fingerprint density at radius 3 is 1.71 bits per heavy atom. The molecule has 0 unspecified atom stereocenters. The summed E-state index contributed by atoms with van der Waals surface area (Å²) in [7, 11) is 6.72. The van der Waals surface area contributed by atoms with E-state index in [-0.39, 0.29) is 0 Å². The summed E-state index contributed by atoms with van der Waals surface area (Å²) in [5.74, 6) is 3.23. The molecule has 0 saturated carbocycles. The maximum atomic E-state index is 5.58. The molecule has 0 aromatic heterocycles. The lowest BCUT2D eigenvalue weighted by Crippen LogP contribution is -3.27. The Labute approximate surface area is 167 Å². The normalized spacial score (nSPS) is 19.1.